The minimum Gasteiger partial charge on any atom is -0.342 e. The van der Waals surface area contributed by atoms with Crippen molar-refractivity contribution in [2.24, 2.45) is 0 Å². The van der Waals surface area contributed by atoms with Gasteiger partial charge in [0.15, 0.2) is 0 Å². The van der Waals surface area contributed by atoms with Crippen molar-refractivity contribution in [2.45, 2.75) is 38.8 Å². The molecule has 4 heteroatoms. The summed E-state index contributed by atoms with van der Waals surface area (Å²) in [6.45, 7) is 3.17. The van der Waals surface area contributed by atoms with Crippen LogP contribution in [0.2, 0.25) is 0 Å². The van der Waals surface area contributed by atoms with Crippen LogP contribution in [0.5, 0.6) is 0 Å². The number of hydrogen-bond donors (Lipinski definition) is 0. The first kappa shape index (κ1) is 14.5. The van der Waals surface area contributed by atoms with Crippen LogP contribution in [-0.2, 0) is 11.2 Å². The molecular formula is C15H19BrFNO. The quantitative estimate of drug-likeness (QED) is 0.829. The molecule has 0 aromatic heterocycles. The Morgan fingerprint density at radius 2 is 2.11 bits per heavy atom. The predicted octanol–water partition coefficient (Wildman–Crippen LogP) is 3.65. The Labute approximate surface area is 122 Å². The number of carbonyl (C=O) groups is 1. The Morgan fingerprint density at radius 3 is 2.74 bits per heavy atom. The van der Waals surface area contributed by atoms with E-state index in [1.807, 2.05) is 6.92 Å². The maximum absolute atomic E-state index is 13.0. The van der Waals surface area contributed by atoms with Crippen LogP contribution in [0, 0.1) is 6.92 Å². The van der Waals surface area contributed by atoms with Crippen molar-refractivity contribution in [3.63, 3.8) is 0 Å². The largest absolute Gasteiger partial charge is 0.342 e. The van der Waals surface area contributed by atoms with E-state index >= 15 is 0 Å². The fourth-order valence-electron chi connectivity index (χ4n) is 2.35. The molecule has 1 amide bonds. The average Bonchev–Trinajstić information content (AvgIpc) is 2.38. The first-order valence-corrected chi connectivity index (χ1v) is 7.52. The van der Waals surface area contributed by atoms with Crippen LogP contribution in [0.3, 0.4) is 0 Å². The average molecular weight is 328 g/mol. The van der Waals surface area contributed by atoms with Gasteiger partial charge in [0.2, 0.25) is 5.91 Å². The lowest BCUT2D eigenvalue weighted by atomic mass is 10.1. The van der Waals surface area contributed by atoms with Crippen LogP contribution < -0.4 is 0 Å². The van der Waals surface area contributed by atoms with Gasteiger partial charge in [-0.05, 0) is 43.4 Å². The Balaban J connectivity index is 1.86. The second-order valence-electron chi connectivity index (χ2n) is 5.15. The Morgan fingerprint density at radius 1 is 1.42 bits per heavy atom. The number of benzene rings is 1. The van der Waals surface area contributed by atoms with Gasteiger partial charge in [0, 0.05) is 24.0 Å². The van der Waals surface area contributed by atoms with Gasteiger partial charge in [-0.1, -0.05) is 28.1 Å². The number of alkyl halides is 1. The molecule has 0 N–H and O–H groups in total. The van der Waals surface area contributed by atoms with Crippen molar-refractivity contribution >= 4 is 21.8 Å². The molecule has 1 fully saturated rings. The third kappa shape index (κ3) is 4.03. The number of piperidine rings is 1. The number of rotatable bonds is 3. The van der Waals surface area contributed by atoms with Crippen molar-refractivity contribution in [1.29, 1.82) is 0 Å². The molecule has 19 heavy (non-hydrogen) atoms. The van der Waals surface area contributed by atoms with Crippen molar-refractivity contribution in [3.8, 4) is 0 Å². The van der Waals surface area contributed by atoms with Gasteiger partial charge in [0.1, 0.15) is 6.17 Å². The molecule has 1 aliphatic rings. The number of carbonyl (C=O) groups excluding carboxylic acids is 1. The van der Waals surface area contributed by atoms with Gasteiger partial charge >= 0.3 is 0 Å². The maximum atomic E-state index is 13.0. The molecular weight excluding hydrogens is 309 g/mol. The highest BCUT2D eigenvalue weighted by atomic mass is 79.9. The summed E-state index contributed by atoms with van der Waals surface area (Å²) in [5.41, 5.74) is 2.35. The van der Waals surface area contributed by atoms with E-state index in [0.717, 1.165) is 16.5 Å². The first-order valence-electron chi connectivity index (χ1n) is 6.73. The summed E-state index contributed by atoms with van der Waals surface area (Å²) in [6.07, 6.45) is 1.48. The van der Waals surface area contributed by atoms with Crippen molar-refractivity contribution in [2.75, 3.05) is 13.1 Å². The van der Waals surface area contributed by atoms with E-state index in [0.29, 0.717) is 32.4 Å². The number of hydrogen-bond acceptors (Lipinski definition) is 1. The lowest BCUT2D eigenvalue weighted by Gasteiger charge is -2.28. The summed E-state index contributed by atoms with van der Waals surface area (Å²) < 4.78 is 14.1. The van der Waals surface area contributed by atoms with E-state index in [4.69, 9.17) is 0 Å². The van der Waals surface area contributed by atoms with Gasteiger partial charge in [-0.15, -0.1) is 0 Å². The molecule has 0 spiro atoms. The molecule has 0 radical (unpaired) electrons. The predicted molar refractivity (Wildman–Crippen MR) is 77.9 cm³/mol. The van der Waals surface area contributed by atoms with Crippen LogP contribution in [0.25, 0.3) is 0 Å². The molecule has 0 atom stereocenters. The third-order valence-electron chi connectivity index (χ3n) is 3.59. The van der Waals surface area contributed by atoms with E-state index in [2.05, 4.69) is 34.1 Å². The molecule has 0 bridgehead atoms. The zero-order chi connectivity index (χ0) is 13.8. The second-order valence-corrected chi connectivity index (χ2v) is 6.00. The highest BCUT2D eigenvalue weighted by molar-refractivity contribution is 9.10. The number of aryl methyl sites for hydroxylation is 2. The molecule has 2 nitrogen and oxygen atoms in total. The highest BCUT2D eigenvalue weighted by Gasteiger charge is 2.21. The summed E-state index contributed by atoms with van der Waals surface area (Å²) in [7, 11) is 0. The second kappa shape index (κ2) is 6.51. The summed E-state index contributed by atoms with van der Waals surface area (Å²) in [4.78, 5) is 13.8. The van der Waals surface area contributed by atoms with E-state index in [9.17, 15) is 9.18 Å². The van der Waals surface area contributed by atoms with Gasteiger partial charge in [0.25, 0.3) is 0 Å². The fourth-order valence-corrected chi connectivity index (χ4v) is 3.04. The highest BCUT2D eigenvalue weighted by Crippen LogP contribution is 2.21. The maximum Gasteiger partial charge on any atom is 0.222 e. The molecule has 104 valence electrons. The first-order chi connectivity index (χ1) is 9.06. The molecule has 1 aromatic rings. The summed E-state index contributed by atoms with van der Waals surface area (Å²) in [5.74, 6) is 0.138. The molecule has 0 unspecified atom stereocenters. The van der Waals surface area contributed by atoms with Gasteiger partial charge < -0.3 is 4.90 Å². The zero-order valence-electron chi connectivity index (χ0n) is 11.2. The standard InChI is InChI=1S/C15H19BrFNO/c1-11-2-3-12(14(16)10-11)4-5-15(19)18-8-6-13(17)7-9-18/h2-3,10,13H,4-9H2,1H3. The normalized spacial score (nSPS) is 16.7. The molecule has 0 saturated carbocycles. The molecule has 1 aromatic carbocycles. The molecule has 1 aliphatic heterocycles. The topological polar surface area (TPSA) is 20.3 Å². The van der Waals surface area contributed by atoms with Gasteiger partial charge in [0.05, 0.1) is 0 Å². The van der Waals surface area contributed by atoms with Gasteiger partial charge in [-0.25, -0.2) is 4.39 Å². The van der Waals surface area contributed by atoms with Crippen LogP contribution in [-0.4, -0.2) is 30.1 Å². The van der Waals surface area contributed by atoms with Crippen LogP contribution in [0.1, 0.15) is 30.4 Å². The number of amides is 1. The molecule has 2 rings (SSSR count). The number of nitrogens with zero attached hydrogens (tertiary/aromatic N) is 1. The molecule has 0 aliphatic carbocycles. The number of halogens is 2. The van der Waals surface area contributed by atoms with E-state index in [1.165, 1.54) is 5.56 Å². The lowest BCUT2D eigenvalue weighted by molar-refractivity contribution is -0.132. The minimum absolute atomic E-state index is 0.138. The Hall–Kier alpha value is -0.900. The van der Waals surface area contributed by atoms with E-state index in [1.54, 1.807) is 4.90 Å². The monoisotopic (exact) mass is 327 g/mol. The molecule has 1 saturated heterocycles. The van der Waals surface area contributed by atoms with Crippen molar-refractivity contribution in [3.05, 3.63) is 33.8 Å². The third-order valence-corrected chi connectivity index (χ3v) is 4.33. The zero-order valence-corrected chi connectivity index (χ0v) is 12.7. The number of likely N-dealkylation sites (tertiary alicyclic amines) is 1. The van der Waals surface area contributed by atoms with Crippen LogP contribution in [0.4, 0.5) is 4.39 Å². The van der Waals surface area contributed by atoms with Gasteiger partial charge in [-0.3, -0.25) is 4.79 Å². The molecule has 1 heterocycles. The van der Waals surface area contributed by atoms with Crippen molar-refractivity contribution in [1.82, 2.24) is 4.90 Å². The summed E-state index contributed by atoms with van der Waals surface area (Å²) in [5, 5.41) is 0. The fraction of sp³-hybridized carbons (Fsp3) is 0.533. The Bertz CT molecular complexity index is 455. The van der Waals surface area contributed by atoms with Crippen LogP contribution >= 0.6 is 15.9 Å². The van der Waals surface area contributed by atoms with E-state index in [-0.39, 0.29) is 5.91 Å². The van der Waals surface area contributed by atoms with Gasteiger partial charge in [-0.2, -0.15) is 0 Å². The minimum atomic E-state index is -0.727. The summed E-state index contributed by atoms with van der Waals surface area (Å²) >= 11 is 3.53. The Kier molecular flexibility index (Phi) is 4.97. The SMILES string of the molecule is Cc1ccc(CCC(=O)N2CCC(F)CC2)c(Br)c1. The smallest absolute Gasteiger partial charge is 0.222 e. The lowest BCUT2D eigenvalue weighted by Crippen LogP contribution is -2.39. The van der Waals surface area contributed by atoms with E-state index < -0.39 is 6.17 Å². The summed E-state index contributed by atoms with van der Waals surface area (Å²) in [6, 6.07) is 6.17. The van der Waals surface area contributed by atoms with Crippen molar-refractivity contribution < 1.29 is 9.18 Å². The van der Waals surface area contributed by atoms with Crippen LogP contribution in [0.15, 0.2) is 22.7 Å².